The number of carbonyl (C=O) groups is 1. The third-order valence-electron chi connectivity index (χ3n) is 3.78. The predicted molar refractivity (Wildman–Crippen MR) is 76.1 cm³/mol. The van der Waals surface area contributed by atoms with E-state index in [2.05, 4.69) is 38.8 Å². The fourth-order valence-electron chi connectivity index (χ4n) is 2.52. The van der Waals surface area contributed by atoms with Crippen LogP contribution in [0, 0.1) is 11.3 Å². The molecule has 1 aromatic carbocycles. The number of carbonyl (C=O) groups excluding carboxylic acids is 1. The summed E-state index contributed by atoms with van der Waals surface area (Å²) in [5.74, 6) is 0.221. The summed E-state index contributed by atoms with van der Waals surface area (Å²) in [6.45, 7) is 7.16. The van der Waals surface area contributed by atoms with Gasteiger partial charge in [-0.1, -0.05) is 32.9 Å². The molecule has 1 aliphatic rings. The molecule has 0 bridgehead atoms. The first-order valence-electron chi connectivity index (χ1n) is 6.40. The van der Waals surface area contributed by atoms with Gasteiger partial charge >= 0.3 is 0 Å². The van der Waals surface area contributed by atoms with E-state index in [1.807, 2.05) is 25.2 Å². The second-order valence-electron chi connectivity index (χ2n) is 6.19. The van der Waals surface area contributed by atoms with E-state index in [0.717, 1.165) is 17.9 Å². The second-order valence-corrected chi connectivity index (χ2v) is 6.19. The van der Waals surface area contributed by atoms with Gasteiger partial charge in [0, 0.05) is 20.6 Å². The van der Waals surface area contributed by atoms with Crippen molar-refractivity contribution in [3.8, 4) is 0 Å². The first-order chi connectivity index (χ1) is 8.32. The van der Waals surface area contributed by atoms with E-state index in [1.165, 1.54) is 0 Å². The van der Waals surface area contributed by atoms with Gasteiger partial charge in [0.1, 0.15) is 0 Å². The van der Waals surface area contributed by atoms with Gasteiger partial charge in [-0.15, -0.1) is 0 Å². The summed E-state index contributed by atoms with van der Waals surface area (Å²) in [4.78, 5) is 16.6. The summed E-state index contributed by atoms with van der Waals surface area (Å²) in [6, 6.07) is 8.08. The molecule has 0 radical (unpaired) electrons. The molecular formula is C15H22N2O. The summed E-state index contributed by atoms with van der Waals surface area (Å²) in [5.41, 5.74) is 2.10. The molecule has 18 heavy (non-hydrogen) atoms. The van der Waals surface area contributed by atoms with Crippen molar-refractivity contribution in [2.24, 2.45) is 11.3 Å². The van der Waals surface area contributed by atoms with Crippen molar-refractivity contribution >= 4 is 17.3 Å². The van der Waals surface area contributed by atoms with Gasteiger partial charge in [-0.2, -0.15) is 0 Å². The summed E-state index contributed by atoms with van der Waals surface area (Å²) in [7, 11) is 3.93. The lowest BCUT2D eigenvalue weighted by Gasteiger charge is -2.32. The van der Waals surface area contributed by atoms with Crippen molar-refractivity contribution < 1.29 is 4.79 Å². The molecule has 0 spiro atoms. The lowest BCUT2D eigenvalue weighted by Crippen LogP contribution is -2.42. The Morgan fingerprint density at radius 1 is 1.11 bits per heavy atom. The fourth-order valence-corrected chi connectivity index (χ4v) is 2.52. The van der Waals surface area contributed by atoms with Crippen molar-refractivity contribution in [2.45, 2.75) is 20.8 Å². The lowest BCUT2D eigenvalue weighted by atomic mass is 9.79. The van der Waals surface area contributed by atoms with E-state index in [-0.39, 0.29) is 17.2 Å². The molecule has 1 atom stereocenters. The van der Waals surface area contributed by atoms with E-state index >= 15 is 0 Å². The molecule has 1 aromatic rings. The summed E-state index contributed by atoms with van der Waals surface area (Å²) < 4.78 is 0. The molecule has 0 N–H and O–H groups in total. The first-order valence-corrected chi connectivity index (χ1v) is 6.40. The molecule has 1 heterocycles. The Morgan fingerprint density at radius 3 is 2.22 bits per heavy atom. The number of hydrogen-bond donors (Lipinski definition) is 0. The van der Waals surface area contributed by atoms with Crippen molar-refractivity contribution in [2.75, 3.05) is 30.4 Å². The van der Waals surface area contributed by atoms with Gasteiger partial charge in [0.05, 0.1) is 17.3 Å². The van der Waals surface area contributed by atoms with Crippen LogP contribution in [0.3, 0.4) is 0 Å². The zero-order valence-corrected chi connectivity index (χ0v) is 11.9. The summed E-state index contributed by atoms with van der Waals surface area (Å²) in [5, 5.41) is 0. The SMILES string of the molecule is CN1CC(C(C)(C)C)C(=O)N(C)c2ccccc21. The van der Waals surface area contributed by atoms with Gasteiger partial charge in [0.15, 0.2) is 0 Å². The fraction of sp³-hybridized carbons (Fsp3) is 0.533. The Bertz CT molecular complexity index is 462. The number of benzene rings is 1. The maximum absolute atomic E-state index is 12.6. The maximum atomic E-state index is 12.6. The van der Waals surface area contributed by atoms with Crippen LogP contribution in [0.25, 0.3) is 0 Å². The Morgan fingerprint density at radius 2 is 1.67 bits per heavy atom. The van der Waals surface area contributed by atoms with Crippen molar-refractivity contribution in [1.82, 2.24) is 0 Å². The van der Waals surface area contributed by atoms with Crippen LogP contribution < -0.4 is 9.80 Å². The smallest absolute Gasteiger partial charge is 0.232 e. The van der Waals surface area contributed by atoms with Gasteiger partial charge in [-0.05, 0) is 17.5 Å². The van der Waals surface area contributed by atoms with Gasteiger partial charge in [0.2, 0.25) is 5.91 Å². The van der Waals surface area contributed by atoms with Crippen LogP contribution in [-0.4, -0.2) is 26.5 Å². The maximum Gasteiger partial charge on any atom is 0.232 e. The molecule has 0 fully saturated rings. The summed E-state index contributed by atoms with van der Waals surface area (Å²) in [6.07, 6.45) is 0. The quantitative estimate of drug-likeness (QED) is 0.702. The number of fused-ring (bicyclic) bond motifs is 1. The Kier molecular flexibility index (Phi) is 3.09. The van der Waals surface area contributed by atoms with Gasteiger partial charge in [0.25, 0.3) is 0 Å². The Hall–Kier alpha value is -1.51. The van der Waals surface area contributed by atoms with E-state index < -0.39 is 0 Å². The molecule has 1 unspecified atom stereocenters. The Labute approximate surface area is 109 Å². The van der Waals surface area contributed by atoms with Gasteiger partial charge in [-0.3, -0.25) is 4.79 Å². The molecule has 1 aliphatic heterocycles. The monoisotopic (exact) mass is 246 g/mol. The number of para-hydroxylation sites is 2. The molecule has 2 rings (SSSR count). The molecular weight excluding hydrogens is 224 g/mol. The normalized spacial score (nSPS) is 20.7. The standard InChI is InChI=1S/C15H22N2O/c1-15(2,3)11-10-16(4)12-8-6-7-9-13(12)17(5)14(11)18/h6-9,11H,10H2,1-5H3. The Balaban J connectivity index is 2.48. The third-order valence-corrected chi connectivity index (χ3v) is 3.78. The van der Waals surface area contributed by atoms with Crippen LogP contribution in [0.2, 0.25) is 0 Å². The minimum absolute atomic E-state index is 0.0138. The minimum atomic E-state index is -0.0261. The molecule has 0 aliphatic carbocycles. The lowest BCUT2D eigenvalue weighted by molar-refractivity contribution is -0.124. The highest BCUT2D eigenvalue weighted by molar-refractivity contribution is 5.99. The van der Waals surface area contributed by atoms with Gasteiger partial charge < -0.3 is 9.80 Å². The van der Waals surface area contributed by atoms with Crippen LogP contribution in [0.5, 0.6) is 0 Å². The molecule has 3 heteroatoms. The number of rotatable bonds is 0. The molecule has 3 nitrogen and oxygen atoms in total. The first kappa shape index (κ1) is 12.9. The summed E-state index contributed by atoms with van der Waals surface area (Å²) >= 11 is 0. The van der Waals surface area contributed by atoms with Crippen LogP contribution in [0.15, 0.2) is 24.3 Å². The number of nitrogens with zero attached hydrogens (tertiary/aromatic N) is 2. The zero-order chi connectivity index (χ0) is 13.5. The zero-order valence-electron chi connectivity index (χ0n) is 11.9. The van der Waals surface area contributed by atoms with E-state index in [9.17, 15) is 4.79 Å². The largest absolute Gasteiger partial charge is 0.372 e. The highest BCUT2D eigenvalue weighted by atomic mass is 16.2. The van der Waals surface area contributed by atoms with Gasteiger partial charge in [-0.25, -0.2) is 0 Å². The number of amides is 1. The van der Waals surface area contributed by atoms with Crippen molar-refractivity contribution in [1.29, 1.82) is 0 Å². The molecule has 1 amide bonds. The van der Waals surface area contributed by atoms with Crippen molar-refractivity contribution in [3.05, 3.63) is 24.3 Å². The van der Waals surface area contributed by atoms with Crippen molar-refractivity contribution in [3.63, 3.8) is 0 Å². The van der Waals surface area contributed by atoms with E-state index in [1.54, 1.807) is 4.90 Å². The molecule has 0 saturated heterocycles. The van der Waals surface area contributed by atoms with Crippen LogP contribution in [-0.2, 0) is 4.79 Å². The van der Waals surface area contributed by atoms with Crippen LogP contribution in [0.4, 0.5) is 11.4 Å². The van der Waals surface area contributed by atoms with Crippen LogP contribution in [0.1, 0.15) is 20.8 Å². The second kappa shape index (κ2) is 4.30. The van der Waals surface area contributed by atoms with E-state index in [0.29, 0.717) is 0 Å². The van der Waals surface area contributed by atoms with E-state index in [4.69, 9.17) is 0 Å². The average Bonchev–Trinajstić information content (AvgIpc) is 2.40. The topological polar surface area (TPSA) is 23.6 Å². The minimum Gasteiger partial charge on any atom is -0.372 e. The number of hydrogen-bond acceptors (Lipinski definition) is 2. The molecule has 0 aromatic heterocycles. The van der Waals surface area contributed by atoms with Crippen LogP contribution >= 0.6 is 0 Å². The predicted octanol–water partition coefficient (Wildman–Crippen LogP) is 2.76. The third kappa shape index (κ3) is 2.09. The highest BCUT2D eigenvalue weighted by Crippen LogP contribution is 2.37. The molecule has 0 saturated carbocycles. The average molecular weight is 246 g/mol. The molecule has 98 valence electrons. The highest BCUT2D eigenvalue weighted by Gasteiger charge is 2.37. The number of anilines is 2.